The molecule has 0 aromatic carbocycles. The van der Waals surface area contributed by atoms with E-state index >= 15 is 0 Å². The zero-order valence-corrected chi connectivity index (χ0v) is 8.28. The van der Waals surface area contributed by atoms with Crippen LogP contribution in [0.1, 0.15) is 12.5 Å². The number of nitrogens with zero attached hydrogens (tertiary/aromatic N) is 2. The van der Waals surface area contributed by atoms with Gasteiger partial charge in [0.05, 0.1) is 6.61 Å². The van der Waals surface area contributed by atoms with Crippen molar-refractivity contribution in [3.8, 4) is 0 Å². The molecule has 0 aliphatic rings. The van der Waals surface area contributed by atoms with E-state index in [-0.39, 0.29) is 12.6 Å². The molecule has 0 bridgehead atoms. The van der Waals surface area contributed by atoms with Gasteiger partial charge in [0.25, 0.3) is 0 Å². The van der Waals surface area contributed by atoms with Crippen LogP contribution in [0.15, 0.2) is 6.20 Å². The molecule has 0 radical (unpaired) electrons. The zero-order chi connectivity index (χ0) is 10.6. The van der Waals surface area contributed by atoms with Gasteiger partial charge in [-0.3, -0.25) is 5.43 Å². The minimum absolute atomic E-state index is 0.0470. The first-order chi connectivity index (χ1) is 6.67. The Hall–Kier alpha value is -1.40. The third kappa shape index (κ3) is 2.54. The molecule has 6 heteroatoms. The molecule has 1 unspecified atom stereocenters. The van der Waals surface area contributed by atoms with Gasteiger partial charge >= 0.3 is 0 Å². The Labute approximate surface area is 82.5 Å². The van der Waals surface area contributed by atoms with Gasteiger partial charge in [0.1, 0.15) is 5.82 Å². The van der Waals surface area contributed by atoms with Gasteiger partial charge in [-0.05, 0) is 13.8 Å². The van der Waals surface area contributed by atoms with Crippen molar-refractivity contribution in [3.63, 3.8) is 0 Å². The molecular weight excluding hydrogens is 182 g/mol. The standard InChI is InChI=1S/C8H15N5O/c1-5-3-10-8(13-9)12-7(5)11-6(2)4-14/h3,6,14H,4,9H2,1-2H3,(H2,10,11,12,13). The highest BCUT2D eigenvalue weighted by atomic mass is 16.3. The van der Waals surface area contributed by atoms with E-state index in [9.17, 15) is 0 Å². The van der Waals surface area contributed by atoms with Crippen molar-refractivity contribution in [2.75, 3.05) is 17.3 Å². The van der Waals surface area contributed by atoms with Crippen LogP contribution in [0.3, 0.4) is 0 Å². The molecule has 0 saturated carbocycles. The second-order valence-corrected chi connectivity index (χ2v) is 3.10. The van der Waals surface area contributed by atoms with Gasteiger partial charge < -0.3 is 10.4 Å². The van der Waals surface area contributed by atoms with E-state index in [1.54, 1.807) is 6.20 Å². The van der Waals surface area contributed by atoms with E-state index in [0.29, 0.717) is 11.8 Å². The number of anilines is 2. The Kier molecular flexibility index (Phi) is 3.61. The lowest BCUT2D eigenvalue weighted by Crippen LogP contribution is -2.21. The van der Waals surface area contributed by atoms with Crippen molar-refractivity contribution in [3.05, 3.63) is 11.8 Å². The second kappa shape index (κ2) is 4.73. The summed E-state index contributed by atoms with van der Waals surface area (Å²) in [6.45, 7) is 3.79. The molecule has 14 heavy (non-hydrogen) atoms. The summed E-state index contributed by atoms with van der Waals surface area (Å²) >= 11 is 0. The van der Waals surface area contributed by atoms with Crippen molar-refractivity contribution in [1.82, 2.24) is 9.97 Å². The van der Waals surface area contributed by atoms with E-state index < -0.39 is 0 Å². The summed E-state index contributed by atoms with van der Waals surface area (Å²) < 4.78 is 0. The van der Waals surface area contributed by atoms with E-state index in [2.05, 4.69) is 20.7 Å². The first kappa shape index (κ1) is 10.7. The van der Waals surface area contributed by atoms with Crippen LogP contribution in [0.2, 0.25) is 0 Å². The Morgan fingerprint density at radius 3 is 2.93 bits per heavy atom. The molecule has 0 spiro atoms. The van der Waals surface area contributed by atoms with Gasteiger partial charge in [-0.15, -0.1) is 0 Å². The minimum Gasteiger partial charge on any atom is -0.394 e. The molecule has 1 atom stereocenters. The van der Waals surface area contributed by atoms with Crippen molar-refractivity contribution >= 4 is 11.8 Å². The Morgan fingerprint density at radius 2 is 2.36 bits per heavy atom. The summed E-state index contributed by atoms with van der Waals surface area (Å²) in [7, 11) is 0. The maximum absolute atomic E-state index is 8.87. The molecule has 0 amide bonds. The Morgan fingerprint density at radius 1 is 1.64 bits per heavy atom. The van der Waals surface area contributed by atoms with Gasteiger partial charge in [-0.1, -0.05) is 0 Å². The molecule has 1 rings (SSSR count). The van der Waals surface area contributed by atoms with Gasteiger partial charge in [-0.25, -0.2) is 10.8 Å². The number of hydrogen-bond donors (Lipinski definition) is 4. The molecular formula is C8H15N5O. The number of nitrogen functional groups attached to an aromatic ring is 1. The first-order valence-corrected chi connectivity index (χ1v) is 4.35. The molecule has 0 aliphatic carbocycles. The molecule has 0 fully saturated rings. The molecule has 78 valence electrons. The van der Waals surface area contributed by atoms with Crippen LogP contribution in [0.25, 0.3) is 0 Å². The summed E-state index contributed by atoms with van der Waals surface area (Å²) in [4.78, 5) is 8.05. The molecule has 6 nitrogen and oxygen atoms in total. The number of hydrogen-bond acceptors (Lipinski definition) is 6. The fraction of sp³-hybridized carbons (Fsp3) is 0.500. The highest BCUT2D eigenvalue weighted by molar-refractivity contribution is 5.46. The molecule has 5 N–H and O–H groups in total. The van der Waals surface area contributed by atoms with Gasteiger partial charge in [0.2, 0.25) is 5.95 Å². The topological polar surface area (TPSA) is 96.1 Å². The first-order valence-electron chi connectivity index (χ1n) is 4.35. The summed E-state index contributed by atoms with van der Waals surface area (Å²) in [5.74, 6) is 6.21. The molecule has 1 aromatic heterocycles. The monoisotopic (exact) mass is 197 g/mol. The van der Waals surface area contributed by atoms with Crippen LogP contribution < -0.4 is 16.6 Å². The summed E-state index contributed by atoms with van der Waals surface area (Å²) in [5.41, 5.74) is 3.27. The average molecular weight is 197 g/mol. The third-order valence-electron chi connectivity index (χ3n) is 1.76. The number of nitrogens with one attached hydrogen (secondary N) is 2. The van der Waals surface area contributed by atoms with E-state index in [4.69, 9.17) is 10.9 Å². The fourth-order valence-electron chi connectivity index (χ4n) is 0.937. The Balaban J connectivity index is 2.83. The van der Waals surface area contributed by atoms with Crippen LogP contribution in [-0.4, -0.2) is 27.7 Å². The maximum atomic E-state index is 8.87. The second-order valence-electron chi connectivity index (χ2n) is 3.10. The summed E-state index contributed by atoms with van der Waals surface area (Å²) in [6.07, 6.45) is 1.66. The third-order valence-corrected chi connectivity index (χ3v) is 1.76. The molecule has 1 aromatic rings. The Bertz CT molecular complexity index is 304. The number of aliphatic hydroxyl groups is 1. The van der Waals surface area contributed by atoms with Crippen LogP contribution in [0.4, 0.5) is 11.8 Å². The van der Waals surface area contributed by atoms with Crippen molar-refractivity contribution in [1.29, 1.82) is 0 Å². The number of aliphatic hydroxyl groups excluding tert-OH is 1. The SMILES string of the molecule is Cc1cnc(NN)nc1NC(C)CO. The van der Waals surface area contributed by atoms with Crippen LogP contribution in [0.5, 0.6) is 0 Å². The van der Waals surface area contributed by atoms with E-state index in [1.165, 1.54) is 0 Å². The van der Waals surface area contributed by atoms with Crippen LogP contribution >= 0.6 is 0 Å². The van der Waals surface area contributed by atoms with Gasteiger partial charge in [-0.2, -0.15) is 4.98 Å². The predicted molar refractivity (Wildman–Crippen MR) is 54.7 cm³/mol. The van der Waals surface area contributed by atoms with Gasteiger partial charge in [0, 0.05) is 17.8 Å². The highest BCUT2D eigenvalue weighted by Crippen LogP contribution is 2.12. The quantitative estimate of drug-likeness (QED) is 0.396. The molecule has 0 aliphatic heterocycles. The summed E-state index contributed by atoms with van der Waals surface area (Å²) in [5, 5.41) is 11.9. The van der Waals surface area contributed by atoms with Crippen LogP contribution in [0, 0.1) is 6.92 Å². The van der Waals surface area contributed by atoms with Crippen molar-refractivity contribution in [2.24, 2.45) is 5.84 Å². The number of nitrogens with two attached hydrogens (primary N) is 1. The van der Waals surface area contributed by atoms with E-state index in [0.717, 1.165) is 5.56 Å². The number of hydrazine groups is 1. The molecule has 1 heterocycles. The fourth-order valence-corrected chi connectivity index (χ4v) is 0.937. The van der Waals surface area contributed by atoms with E-state index in [1.807, 2.05) is 13.8 Å². The largest absolute Gasteiger partial charge is 0.394 e. The van der Waals surface area contributed by atoms with Crippen LogP contribution in [-0.2, 0) is 0 Å². The maximum Gasteiger partial charge on any atom is 0.239 e. The van der Waals surface area contributed by atoms with Crippen molar-refractivity contribution in [2.45, 2.75) is 19.9 Å². The predicted octanol–water partition coefficient (Wildman–Crippen LogP) is -0.137. The van der Waals surface area contributed by atoms with Crippen molar-refractivity contribution < 1.29 is 5.11 Å². The summed E-state index contributed by atoms with van der Waals surface area (Å²) in [6, 6.07) is -0.0470. The lowest BCUT2D eigenvalue weighted by Gasteiger charge is -2.13. The highest BCUT2D eigenvalue weighted by Gasteiger charge is 2.05. The number of rotatable bonds is 4. The van der Waals surface area contributed by atoms with Gasteiger partial charge in [0.15, 0.2) is 0 Å². The average Bonchev–Trinajstić information content (AvgIpc) is 2.21. The zero-order valence-electron chi connectivity index (χ0n) is 8.28. The normalized spacial score (nSPS) is 12.3. The molecule has 0 saturated heterocycles. The lowest BCUT2D eigenvalue weighted by molar-refractivity contribution is 0.281. The number of aromatic nitrogens is 2. The lowest BCUT2D eigenvalue weighted by atomic mass is 10.3. The number of aryl methyl sites for hydroxylation is 1. The minimum atomic E-state index is -0.0470. The smallest absolute Gasteiger partial charge is 0.239 e.